The van der Waals surface area contributed by atoms with Gasteiger partial charge in [-0.15, -0.1) is 0 Å². The molecular weight excluding hydrogens is 238 g/mol. The topological polar surface area (TPSA) is 40.5 Å². The number of likely N-dealkylation sites (tertiary alicyclic amines) is 1. The van der Waals surface area contributed by atoms with Gasteiger partial charge in [-0.05, 0) is 49.9 Å². The quantitative estimate of drug-likeness (QED) is 0.906. The number of carboxylic acid groups (broad SMARTS) is 1. The van der Waals surface area contributed by atoms with Gasteiger partial charge in [-0.2, -0.15) is 0 Å². The number of piperidine rings is 1. The number of carbonyl (C=O) groups is 1. The molecule has 0 bridgehead atoms. The molecule has 1 saturated heterocycles. The van der Waals surface area contributed by atoms with Crippen LogP contribution in [0.5, 0.6) is 0 Å². The molecule has 2 atom stereocenters. The maximum Gasteiger partial charge on any atom is 0.311 e. The molecule has 0 aromatic heterocycles. The Morgan fingerprint density at radius 2 is 2.11 bits per heavy atom. The van der Waals surface area contributed by atoms with Gasteiger partial charge < -0.3 is 10.0 Å². The van der Waals surface area contributed by atoms with E-state index in [0.29, 0.717) is 0 Å². The van der Waals surface area contributed by atoms with Crippen molar-refractivity contribution in [3.8, 4) is 0 Å². The monoisotopic (exact) mass is 261 g/mol. The Morgan fingerprint density at radius 3 is 2.63 bits per heavy atom. The molecule has 1 aromatic carbocycles. The minimum absolute atomic E-state index is 0.226. The number of nitrogens with zero attached hydrogens (tertiary/aromatic N) is 1. The van der Waals surface area contributed by atoms with Crippen LogP contribution in [0.1, 0.15) is 36.8 Å². The Kier molecular flexibility index (Phi) is 4.59. The van der Waals surface area contributed by atoms with Crippen LogP contribution in [-0.2, 0) is 11.2 Å². The van der Waals surface area contributed by atoms with E-state index in [1.807, 2.05) is 12.1 Å². The normalized spacial score (nSPS) is 22.1. The fourth-order valence-corrected chi connectivity index (χ4v) is 3.06. The highest BCUT2D eigenvalue weighted by Gasteiger charge is 2.32. The molecule has 19 heavy (non-hydrogen) atoms. The Bertz CT molecular complexity index is 427. The predicted octanol–water partition coefficient (Wildman–Crippen LogP) is 2.76. The number of aryl methyl sites for hydroxylation is 1. The molecule has 1 fully saturated rings. The van der Waals surface area contributed by atoms with E-state index >= 15 is 0 Å². The van der Waals surface area contributed by atoms with E-state index in [-0.39, 0.29) is 11.8 Å². The summed E-state index contributed by atoms with van der Waals surface area (Å²) in [6.07, 6.45) is 3.10. The molecule has 1 N–H and O–H groups in total. The van der Waals surface area contributed by atoms with Crippen LogP contribution >= 0.6 is 0 Å². The summed E-state index contributed by atoms with van der Waals surface area (Å²) in [6.45, 7) is 4.07. The van der Waals surface area contributed by atoms with E-state index in [4.69, 9.17) is 0 Å². The second-order valence-electron chi connectivity index (χ2n) is 5.58. The summed E-state index contributed by atoms with van der Waals surface area (Å²) in [6, 6.07) is 8.09. The standard InChI is InChI=1S/C16H23NO2/c1-3-12-6-8-13(9-7-12)15(16(18)19)14-5-4-10-17(2)11-14/h6-9,14-15H,3-5,10-11H2,1-2H3,(H,18,19). The molecule has 0 radical (unpaired) electrons. The van der Waals surface area contributed by atoms with Gasteiger partial charge in [0.05, 0.1) is 5.92 Å². The van der Waals surface area contributed by atoms with Gasteiger partial charge in [0.15, 0.2) is 0 Å². The summed E-state index contributed by atoms with van der Waals surface area (Å²) < 4.78 is 0. The minimum Gasteiger partial charge on any atom is -0.481 e. The van der Waals surface area contributed by atoms with Crippen molar-refractivity contribution in [1.29, 1.82) is 0 Å². The average molecular weight is 261 g/mol. The Balaban J connectivity index is 2.21. The minimum atomic E-state index is -0.690. The second kappa shape index (κ2) is 6.20. The molecule has 0 aliphatic carbocycles. The van der Waals surface area contributed by atoms with Crippen LogP contribution in [0.2, 0.25) is 0 Å². The molecule has 3 heteroatoms. The van der Waals surface area contributed by atoms with Crippen molar-refractivity contribution in [1.82, 2.24) is 4.90 Å². The number of benzene rings is 1. The predicted molar refractivity (Wildman–Crippen MR) is 76.4 cm³/mol. The Hall–Kier alpha value is -1.35. The van der Waals surface area contributed by atoms with E-state index in [2.05, 4.69) is 31.0 Å². The fraction of sp³-hybridized carbons (Fsp3) is 0.562. The first-order chi connectivity index (χ1) is 9.11. The molecule has 0 saturated carbocycles. The van der Waals surface area contributed by atoms with Crippen LogP contribution < -0.4 is 0 Å². The van der Waals surface area contributed by atoms with Gasteiger partial charge in [0, 0.05) is 6.54 Å². The van der Waals surface area contributed by atoms with E-state index < -0.39 is 5.97 Å². The van der Waals surface area contributed by atoms with E-state index in [1.165, 1.54) is 5.56 Å². The maximum absolute atomic E-state index is 11.6. The lowest BCUT2D eigenvalue weighted by Crippen LogP contribution is -2.37. The second-order valence-corrected chi connectivity index (χ2v) is 5.58. The number of hydrogen-bond acceptors (Lipinski definition) is 2. The van der Waals surface area contributed by atoms with Crippen molar-refractivity contribution in [2.45, 2.75) is 32.1 Å². The third-order valence-electron chi connectivity index (χ3n) is 4.15. The lowest BCUT2D eigenvalue weighted by molar-refractivity contribution is -0.140. The van der Waals surface area contributed by atoms with E-state index in [9.17, 15) is 9.90 Å². The van der Waals surface area contributed by atoms with Crippen LogP contribution in [-0.4, -0.2) is 36.1 Å². The summed E-state index contributed by atoms with van der Waals surface area (Å²) >= 11 is 0. The Labute approximate surface area is 115 Å². The lowest BCUT2D eigenvalue weighted by atomic mass is 9.81. The van der Waals surface area contributed by atoms with Gasteiger partial charge in [0.1, 0.15) is 0 Å². The highest BCUT2D eigenvalue weighted by Crippen LogP contribution is 2.31. The summed E-state index contributed by atoms with van der Waals surface area (Å²) in [7, 11) is 2.07. The molecule has 1 aliphatic rings. The summed E-state index contributed by atoms with van der Waals surface area (Å²) in [5.74, 6) is -0.832. The number of aliphatic carboxylic acids is 1. The first kappa shape index (κ1) is 14.1. The van der Waals surface area contributed by atoms with Crippen molar-refractivity contribution in [3.05, 3.63) is 35.4 Å². The van der Waals surface area contributed by atoms with Crippen LogP contribution in [0.4, 0.5) is 0 Å². The third-order valence-corrected chi connectivity index (χ3v) is 4.15. The van der Waals surface area contributed by atoms with Gasteiger partial charge >= 0.3 is 5.97 Å². The number of carboxylic acids is 1. The molecule has 2 unspecified atom stereocenters. The van der Waals surface area contributed by atoms with Crippen molar-refractivity contribution in [2.24, 2.45) is 5.92 Å². The van der Waals surface area contributed by atoms with Gasteiger partial charge in [-0.1, -0.05) is 31.2 Å². The first-order valence-electron chi connectivity index (χ1n) is 7.12. The molecule has 1 aliphatic heterocycles. The zero-order valence-electron chi connectivity index (χ0n) is 11.8. The average Bonchev–Trinajstić information content (AvgIpc) is 2.39. The van der Waals surface area contributed by atoms with Crippen molar-refractivity contribution in [2.75, 3.05) is 20.1 Å². The largest absolute Gasteiger partial charge is 0.481 e. The van der Waals surface area contributed by atoms with Crippen LogP contribution in [0.25, 0.3) is 0 Å². The Morgan fingerprint density at radius 1 is 1.42 bits per heavy atom. The van der Waals surface area contributed by atoms with E-state index in [0.717, 1.165) is 37.9 Å². The molecule has 2 rings (SSSR count). The zero-order valence-corrected chi connectivity index (χ0v) is 11.8. The van der Waals surface area contributed by atoms with Crippen LogP contribution in [0.3, 0.4) is 0 Å². The summed E-state index contributed by atoms with van der Waals surface area (Å²) in [5, 5.41) is 9.57. The molecule has 1 aromatic rings. The molecule has 0 amide bonds. The summed E-state index contributed by atoms with van der Waals surface area (Å²) in [5.41, 5.74) is 2.21. The molecule has 0 spiro atoms. The van der Waals surface area contributed by atoms with Crippen LogP contribution in [0, 0.1) is 5.92 Å². The van der Waals surface area contributed by atoms with Crippen LogP contribution in [0.15, 0.2) is 24.3 Å². The molecular formula is C16H23NO2. The lowest BCUT2D eigenvalue weighted by Gasteiger charge is -2.33. The van der Waals surface area contributed by atoms with Crippen molar-refractivity contribution < 1.29 is 9.90 Å². The van der Waals surface area contributed by atoms with E-state index in [1.54, 1.807) is 0 Å². The zero-order chi connectivity index (χ0) is 13.8. The van der Waals surface area contributed by atoms with Crippen molar-refractivity contribution in [3.63, 3.8) is 0 Å². The first-order valence-corrected chi connectivity index (χ1v) is 7.12. The molecule has 1 heterocycles. The van der Waals surface area contributed by atoms with Gasteiger partial charge in [-0.25, -0.2) is 0 Å². The van der Waals surface area contributed by atoms with Gasteiger partial charge in [0.25, 0.3) is 0 Å². The highest BCUT2D eigenvalue weighted by atomic mass is 16.4. The number of rotatable bonds is 4. The van der Waals surface area contributed by atoms with Gasteiger partial charge in [0.2, 0.25) is 0 Å². The fourth-order valence-electron chi connectivity index (χ4n) is 3.06. The van der Waals surface area contributed by atoms with Gasteiger partial charge in [-0.3, -0.25) is 4.79 Å². The highest BCUT2D eigenvalue weighted by molar-refractivity contribution is 5.76. The third kappa shape index (κ3) is 3.35. The maximum atomic E-state index is 11.6. The van der Waals surface area contributed by atoms with Crippen molar-refractivity contribution >= 4 is 5.97 Å². The summed E-state index contributed by atoms with van der Waals surface area (Å²) in [4.78, 5) is 13.9. The SMILES string of the molecule is CCc1ccc(C(C(=O)O)C2CCCN(C)C2)cc1. The molecule has 104 valence electrons. The smallest absolute Gasteiger partial charge is 0.311 e. The molecule has 3 nitrogen and oxygen atoms in total. The number of hydrogen-bond donors (Lipinski definition) is 1.